The lowest BCUT2D eigenvalue weighted by Crippen LogP contribution is -2.43. The zero-order valence-corrected chi connectivity index (χ0v) is 14.4. The monoisotopic (exact) mass is 361 g/mol. The second-order valence-electron chi connectivity index (χ2n) is 6.26. The van der Waals surface area contributed by atoms with Crippen molar-refractivity contribution in [3.63, 3.8) is 0 Å². The Balaban J connectivity index is 1.55. The lowest BCUT2D eigenvalue weighted by Gasteiger charge is -2.21. The SMILES string of the molecule is CN(Cc1ccc(OC(F)F)cc1)C(=O)C1CC(c2ccccc2)NN1. The molecule has 1 fully saturated rings. The van der Waals surface area contributed by atoms with Crippen molar-refractivity contribution < 1.29 is 18.3 Å². The number of hydrogen-bond acceptors (Lipinski definition) is 4. The Hall–Kier alpha value is -2.51. The predicted octanol–water partition coefficient (Wildman–Crippen LogP) is 2.85. The third kappa shape index (κ3) is 4.56. The van der Waals surface area contributed by atoms with Gasteiger partial charge >= 0.3 is 6.61 Å². The number of rotatable bonds is 6. The van der Waals surface area contributed by atoms with Crippen LogP contribution in [0.4, 0.5) is 8.78 Å². The average Bonchev–Trinajstić information content (AvgIpc) is 3.13. The van der Waals surface area contributed by atoms with Crippen LogP contribution in [0, 0.1) is 0 Å². The second kappa shape index (κ2) is 8.25. The van der Waals surface area contributed by atoms with Crippen LogP contribution in [-0.2, 0) is 11.3 Å². The van der Waals surface area contributed by atoms with Gasteiger partial charge in [0.15, 0.2) is 0 Å². The Morgan fingerprint density at radius 2 is 1.85 bits per heavy atom. The summed E-state index contributed by atoms with van der Waals surface area (Å²) in [7, 11) is 1.73. The molecule has 138 valence electrons. The summed E-state index contributed by atoms with van der Waals surface area (Å²) in [4.78, 5) is 14.3. The van der Waals surface area contributed by atoms with Crippen molar-refractivity contribution in [2.75, 3.05) is 7.05 Å². The first-order valence-electron chi connectivity index (χ1n) is 8.37. The highest BCUT2D eigenvalue weighted by atomic mass is 19.3. The number of hydrazine groups is 1. The number of nitrogens with one attached hydrogen (secondary N) is 2. The molecule has 0 bridgehead atoms. The number of ether oxygens (including phenoxy) is 1. The minimum absolute atomic E-state index is 0.0242. The molecule has 1 heterocycles. The lowest BCUT2D eigenvalue weighted by atomic mass is 10.0. The Morgan fingerprint density at radius 1 is 1.15 bits per heavy atom. The molecule has 7 heteroatoms. The van der Waals surface area contributed by atoms with Crippen LogP contribution in [0.1, 0.15) is 23.6 Å². The fourth-order valence-electron chi connectivity index (χ4n) is 3.02. The first-order chi connectivity index (χ1) is 12.5. The smallest absolute Gasteiger partial charge is 0.387 e. The van der Waals surface area contributed by atoms with Gasteiger partial charge in [0, 0.05) is 19.6 Å². The fourth-order valence-corrected chi connectivity index (χ4v) is 3.02. The van der Waals surface area contributed by atoms with Crippen molar-refractivity contribution in [2.45, 2.75) is 31.7 Å². The summed E-state index contributed by atoms with van der Waals surface area (Å²) >= 11 is 0. The maximum absolute atomic E-state index is 12.6. The maximum Gasteiger partial charge on any atom is 0.387 e. The van der Waals surface area contributed by atoms with Gasteiger partial charge in [0.05, 0.1) is 0 Å². The Morgan fingerprint density at radius 3 is 2.50 bits per heavy atom. The summed E-state index contributed by atoms with van der Waals surface area (Å²) in [6.45, 7) is -2.45. The van der Waals surface area contributed by atoms with Crippen LogP contribution in [0.2, 0.25) is 0 Å². The van der Waals surface area contributed by atoms with Crippen LogP contribution in [0.15, 0.2) is 54.6 Å². The topological polar surface area (TPSA) is 53.6 Å². The number of nitrogens with zero attached hydrogens (tertiary/aromatic N) is 1. The molecule has 26 heavy (non-hydrogen) atoms. The van der Waals surface area contributed by atoms with E-state index in [1.54, 1.807) is 24.1 Å². The molecule has 1 aliphatic rings. The third-order valence-electron chi connectivity index (χ3n) is 4.35. The van der Waals surface area contributed by atoms with E-state index in [1.165, 1.54) is 12.1 Å². The molecule has 2 N–H and O–H groups in total. The highest BCUT2D eigenvalue weighted by Crippen LogP contribution is 2.23. The minimum atomic E-state index is -2.84. The number of benzene rings is 2. The summed E-state index contributed by atoms with van der Waals surface area (Å²) in [6.07, 6.45) is 0.661. The van der Waals surface area contributed by atoms with Gasteiger partial charge in [0.25, 0.3) is 0 Å². The van der Waals surface area contributed by atoms with Gasteiger partial charge in [0.2, 0.25) is 5.91 Å². The van der Waals surface area contributed by atoms with Gasteiger partial charge in [-0.3, -0.25) is 4.79 Å². The van der Waals surface area contributed by atoms with E-state index in [9.17, 15) is 13.6 Å². The molecular formula is C19H21F2N3O2. The van der Waals surface area contributed by atoms with Gasteiger partial charge < -0.3 is 9.64 Å². The summed E-state index contributed by atoms with van der Waals surface area (Å²) in [5, 5.41) is 0. The maximum atomic E-state index is 12.6. The molecule has 1 saturated heterocycles. The molecule has 0 spiro atoms. The summed E-state index contributed by atoms with van der Waals surface area (Å²) in [5.74, 6) is 0.0777. The first-order valence-corrected chi connectivity index (χ1v) is 8.37. The normalized spacial score (nSPS) is 19.5. The van der Waals surface area contributed by atoms with Crippen molar-refractivity contribution in [3.8, 4) is 5.75 Å². The molecule has 0 aliphatic carbocycles. The molecule has 1 amide bonds. The number of amides is 1. The standard InChI is InChI=1S/C19H21F2N3O2/c1-24(12-13-7-9-15(10-8-13)26-19(20)21)18(25)17-11-16(22-23-17)14-5-3-2-4-6-14/h2-10,16-17,19,22-23H,11-12H2,1H3. The lowest BCUT2D eigenvalue weighted by molar-refractivity contribution is -0.132. The number of hydrogen-bond donors (Lipinski definition) is 2. The van der Waals surface area contributed by atoms with Crippen molar-refractivity contribution in [1.82, 2.24) is 15.8 Å². The summed E-state index contributed by atoms with van der Waals surface area (Å²) in [5.41, 5.74) is 8.19. The van der Waals surface area contributed by atoms with Gasteiger partial charge in [-0.05, 0) is 29.7 Å². The van der Waals surface area contributed by atoms with Gasteiger partial charge in [-0.2, -0.15) is 8.78 Å². The molecule has 2 unspecified atom stereocenters. The zero-order chi connectivity index (χ0) is 18.5. The van der Waals surface area contributed by atoms with E-state index in [1.807, 2.05) is 30.3 Å². The van der Waals surface area contributed by atoms with Crippen molar-refractivity contribution in [3.05, 3.63) is 65.7 Å². The molecule has 1 aliphatic heterocycles. The van der Waals surface area contributed by atoms with Gasteiger partial charge in [-0.25, -0.2) is 10.9 Å². The Kier molecular flexibility index (Phi) is 5.80. The molecule has 2 atom stereocenters. The number of alkyl halides is 2. The van der Waals surface area contributed by atoms with E-state index < -0.39 is 6.61 Å². The van der Waals surface area contributed by atoms with Crippen LogP contribution in [0.3, 0.4) is 0 Å². The van der Waals surface area contributed by atoms with Crippen LogP contribution in [-0.4, -0.2) is 30.5 Å². The van der Waals surface area contributed by atoms with Gasteiger partial charge in [-0.1, -0.05) is 42.5 Å². The zero-order valence-electron chi connectivity index (χ0n) is 14.4. The van der Waals surface area contributed by atoms with E-state index in [4.69, 9.17) is 0 Å². The predicted molar refractivity (Wildman–Crippen MR) is 93.4 cm³/mol. The number of carbonyl (C=O) groups is 1. The molecule has 2 aromatic carbocycles. The first kappa shape index (κ1) is 18.3. The molecule has 5 nitrogen and oxygen atoms in total. The van der Waals surface area contributed by atoms with Crippen LogP contribution in [0.25, 0.3) is 0 Å². The van der Waals surface area contributed by atoms with Crippen molar-refractivity contribution in [2.24, 2.45) is 0 Å². The highest BCUT2D eigenvalue weighted by Gasteiger charge is 2.31. The molecule has 2 aromatic rings. The molecule has 0 radical (unpaired) electrons. The third-order valence-corrected chi connectivity index (χ3v) is 4.35. The molecule has 0 saturated carbocycles. The Bertz CT molecular complexity index is 725. The van der Waals surface area contributed by atoms with E-state index in [0.717, 1.165) is 11.1 Å². The minimum Gasteiger partial charge on any atom is -0.435 e. The molecule has 0 aromatic heterocycles. The second-order valence-corrected chi connectivity index (χ2v) is 6.26. The fraction of sp³-hybridized carbons (Fsp3) is 0.316. The van der Waals surface area contributed by atoms with Crippen LogP contribution in [0.5, 0.6) is 5.75 Å². The average molecular weight is 361 g/mol. The van der Waals surface area contributed by atoms with Crippen molar-refractivity contribution >= 4 is 5.91 Å². The van der Waals surface area contributed by atoms with Gasteiger partial charge in [-0.15, -0.1) is 0 Å². The highest BCUT2D eigenvalue weighted by molar-refractivity contribution is 5.82. The molecular weight excluding hydrogens is 340 g/mol. The van der Waals surface area contributed by atoms with Crippen LogP contribution >= 0.6 is 0 Å². The molecule has 3 rings (SSSR count). The number of halogens is 2. The van der Waals surface area contributed by atoms with Crippen molar-refractivity contribution in [1.29, 1.82) is 0 Å². The summed E-state index contributed by atoms with van der Waals surface area (Å²) in [6, 6.07) is 16.0. The number of likely N-dealkylation sites (N-methyl/N-ethyl adjacent to an activating group) is 1. The Labute approximate surface area is 150 Å². The summed E-state index contributed by atoms with van der Waals surface area (Å²) < 4.78 is 28.7. The van der Waals surface area contributed by atoms with E-state index in [-0.39, 0.29) is 23.7 Å². The largest absolute Gasteiger partial charge is 0.435 e. The quantitative estimate of drug-likeness (QED) is 0.831. The van der Waals surface area contributed by atoms with E-state index >= 15 is 0 Å². The van der Waals surface area contributed by atoms with E-state index in [0.29, 0.717) is 13.0 Å². The number of carbonyl (C=O) groups excluding carboxylic acids is 1. The van der Waals surface area contributed by atoms with Crippen LogP contribution < -0.4 is 15.6 Å². The van der Waals surface area contributed by atoms with Gasteiger partial charge in [0.1, 0.15) is 11.8 Å². The van der Waals surface area contributed by atoms with E-state index in [2.05, 4.69) is 15.6 Å².